The van der Waals surface area contributed by atoms with Crippen molar-refractivity contribution in [1.29, 1.82) is 0 Å². The highest BCUT2D eigenvalue weighted by atomic mass is 35.5. The zero-order valence-electron chi connectivity index (χ0n) is 19.5. The first-order chi connectivity index (χ1) is 17.8. The van der Waals surface area contributed by atoms with E-state index in [1.165, 1.54) is 14.7 Å². The summed E-state index contributed by atoms with van der Waals surface area (Å²) in [5.74, 6) is -1.89. The molecule has 13 heteroatoms. The zero-order valence-corrected chi connectivity index (χ0v) is 21.9. The van der Waals surface area contributed by atoms with E-state index in [1.807, 2.05) is 0 Å². The lowest BCUT2D eigenvalue weighted by Gasteiger charge is -2.29. The van der Waals surface area contributed by atoms with Crippen molar-refractivity contribution in [2.75, 3.05) is 5.88 Å². The summed E-state index contributed by atoms with van der Waals surface area (Å²) in [6.07, 6.45) is -11.2. The van der Waals surface area contributed by atoms with Crippen LogP contribution in [-0.4, -0.2) is 42.4 Å². The van der Waals surface area contributed by atoms with Gasteiger partial charge in [0.1, 0.15) is 0 Å². The first-order valence-corrected chi connectivity index (χ1v) is 14.0. The fourth-order valence-electron chi connectivity index (χ4n) is 2.94. The smallest absolute Gasteiger partial charge is 0.432 e. The van der Waals surface area contributed by atoms with E-state index in [1.54, 1.807) is 0 Å². The Bertz CT molecular complexity index is 1150. The van der Waals surface area contributed by atoms with E-state index < -0.39 is 40.0 Å². The predicted molar refractivity (Wildman–Crippen MR) is 132 cm³/mol. The highest BCUT2D eigenvalue weighted by Gasteiger charge is 2.62. The van der Waals surface area contributed by atoms with Crippen molar-refractivity contribution in [2.24, 2.45) is 0 Å². The van der Waals surface area contributed by atoms with Crippen molar-refractivity contribution in [3.63, 3.8) is 0 Å². The van der Waals surface area contributed by atoms with Crippen LogP contribution in [0.5, 0.6) is 0 Å². The Morgan fingerprint density at radius 1 is 0.816 bits per heavy atom. The van der Waals surface area contributed by atoms with Gasteiger partial charge in [-0.15, -0.1) is 11.6 Å². The number of ether oxygens (including phenoxy) is 1. The summed E-state index contributed by atoms with van der Waals surface area (Å²) in [7, 11) is -6.67. The molecule has 38 heavy (non-hydrogen) atoms. The molecule has 0 saturated heterocycles. The molecule has 0 spiro atoms. The summed E-state index contributed by atoms with van der Waals surface area (Å²) < 4.78 is 96.1. The van der Waals surface area contributed by atoms with E-state index >= 15 is 0 Å². The lowest BCUT2D eigenvalue weighted by atomic mass is 10.3. The molecule has 0 saturated carbocycles. The number of esters is 1. The summed E-state index contributed by atoms with van der Waals surface area (Å²) in [4.78, 5) is 14.9. The Balaban J connectivity index is 0.000000267. The first-order valence-electron chi connectivity index (χ1n) is 10.8. The molecule has 3 rings (SSSR count). The van der Waals surface area contributed by atoms with Crippen molar-refractivity contribution < 1.29 is 44.5 Å². The molecule has 0 aliphatic heterocycles. The van der Waals surface area contributed by atoms with Crippen LogP contribution in [-0.2, 0) is 30.5 Å². The largest absolute Gasteiger partial charge is 0.743 e. The Labute approximate surface area is 224 Å². The lowest BCUT2D eigenvalue weighted by molar-refractivity contribution is -0.259. The van der Waals surface area contributed by atoms with Gasteiger partial charge in [-0.2, -0.15) is 22.0 Å². The maximum atomic E-state index is 12.8. The predicted octanol–water partition coefficient (Wildman–Crippen LogP) is 6.40. The van der Waals surface area contributed by atoms with E-state index in [2.05, 4.69) is 95.7 Å². The Kier molecular flexibility index (Phi) is 11.6. The van der Waals surface area contributed by atoms with Gasteiger partial charge < -0.3 is 9.29 Å². The van der Waals surface area contributed by atoms with Gasteiger partial charge in [0.05, 0.1) is 10.9 Å². The first kappa shape index (κ1) is 31.5. The number of benzene rings is 3. The van der Waals surface area contributed by atoms with Crippen molar-refractivity contribution in [1.82, 2.24) is 0 Å². The molecule has 206 valence electrons. The van der Waals surface area contributed by atoms with Gasteiger partial charge in [-0.1, -0.05) is 54.6 Å². The molecule has 1 unspecified atom stereocenters. The van der Waals surface area contributed by atoms with Crippen molar-refractivity contribution in [3.05, 3.63) is 91.0 Å². The van der Waals surface area contributed by atoms with E-state index in [-0.39, 0.29) is 23.2 Å². The van der Waals surface area contributed by atoms with E-state index in [0.29, 0.717) is 0 Å². The van der Waals surface area contributed by atoms with Crippen LogP contribution in [0.2, 0.25) is 0 Å². The maximum Gasteiger partial charge on any atom is 0.432 e. The molecule has 0 amide bonds. The average Bonchev–Trinajstić information content (AvgIpc) is 2.87. The molecule has 0 aromatic heterocycles. The van der Waals surface area contributed by atoms with Crippen molar-refractivity contribution in [2.45, 2.75) is 45.1 Å². The van der Waals surface area contributed by atoms with Crippen LogP contribution in [0.4, 0.5) is 22.0 Å². The summed E-state index contributed by atoms with van der Waals surface area (Å²) in [6.45, 7) is 0. The minimum atomic E-state index is -6.66. The maximum absolute atomic E-state index is 12.8. The molecule has 0 aliphatic rings. The molecule has 0 fully saturated rings. The van der Waals surface area contributed by atoms with E-state index in [4.69, 9.17) is 11.6 Å². The molecule has 1 atom stereocenters. The summed E-state index contributed by atoms with van der Waals surface area (Å²) in [6, 6.07) is 32.2. The van der Waals surface area contributed by atoms with Gasteiger partial charge in [0.25, 0.3) is 6.10 Å². The van der Waals surface area contributed by atoms with Crippen LogP contribution in [0, 0.1) is 0 Å². The van der Waals surface area contributed by atoms with Crippen molar-refractivity contribution >= 4 is 38.6 Å². The van der Waals surface area contributed by atoms with Crippen LogP contribution >= 0.6 is 11.6 Å². The standard InChI is InChI=1S/C18H15S.C7H8ClF5O5S/c1-4-10-16(11-5-1)19(17-12-6-2-7-13-17)18-14-8-3-9-15-18;8-3-1-2-4(14)18-5(6(9,10)11)7(12,13)19(15,16)17/h1-15H;5H,1-3H2,(H,15,16,17)/q+1;/p-1. The number of halogens is 6. The van der Waals surface area contributed by atoms with Gasteiger partial charge in [0, 0.05) is 12.3 Å². The van der Waals surface area contributed by atoms with Crippen LogP contribution in [0.25, 0.3) is 0 Å². The summed E-state index contributed by atoms with van der Waals surface area (Å²) >= 11 is 5.11. The number of carbonyl (C=O) groups excluding carboxylic acids is 1. The van der Waals surface area contributed by atoms with Crippen LogP contribution in [0.15, 0.2) is 106 Å². The third-order valence-electron chi connectivity index (χ3n) is 4.64. The molecule has 0 N–H and O–H groups in total. The fourth-order valence-corrected chi connectivity index (χ4v) is 5.62. The quantitative estimate of drug-likeness (QED) is 0.0938. The van der Waals surface area contributed by atoms with Crippen LogP contribution in [0.3, 0.4) is 0 Å². The van der Waals surface area contributed by atoms with Gasteiger partial charge in [-0.3, -0.25) is 4.79 Å². The van der Waals surface area contributed by atoms with Gasteiger partial charge in [-0.05, 0) is 42.8 Å². The van der Waals surface area contributed by atoms with Crippen LogP contribution < -0.4 is 0 Å². The second-order valence-electron chi connectivity index (χ2n) is 7.47. The zero-order chi connectivity index (χ0) is 28.4. The molecule has 0 heterocycles. The normalized spacial score (nSPS) is 12.8. The number of rotatable bonds is 9. The summed E-state index contributed by atoms with van der Waals surface area (Å²) in [5.41, 5.74) is 0. The molecular formula is C25H22ClF5O5S2. The van der Waals surface area contributed by atoms with Crippen molar-refractivity contribution in [3.8, 4) is 0 Å². The summed E-state index contributed by atoms with van der Waals surface area (Å²) in [5, 5.41) is -5.82. The molecule has 0 radical (unpaired) electrons. The second kappa shape index (κ2) is 13.9. The molecule has 0 aliphatic carbocycles. The second-order valence-corrected chi connectivity index (χ2v) is 11.3. The fraction of sp³-hybridized carbons (Fsp3) is 0.240. The SMILES string of the molecule is O=C(CCCCl)OC(C(F)(F)F)C(F)(F)S(=O)(=O)[O-].c1ccc([S+](c2ccccc2)c2ccccc2)cc1. The van der Waals surface area contributed by atoms with E-state index in [0.717, 1.165) is 0 Å². The number of carbonyl (C=O) groups is 1. The minimum absolute atomic E-state index is 0.0146. The topological polar surface area (TPSA) is 83.5 Å². The van der Waals surface area contributed by atoms with Gasteiger partial charge in [0.15, 0.2) is 24.8 Å². The number of hydrogen-bond acceptors (Lipinski definition) is 5. The Morgan fingerprint density at radius 3 is 1.47 bits per heavy atom. The molecule has 3 aromatic rings. The Morgan fingerprint density at radius 2 is 1.18 bits per heavy atom. The van der Waals surface area contributed by atoms with Gasteiger partial charge in [0.2, 0.25) is 0 Å². The van der Waals surface area contributed by atoms with Gasteiger partial charge in [-0.25, -0.2) is 8.42 Å². The minimum Gasteiger partial charge on any atom is -0.743 e. The number of alkyl halides is 6. The molecule has 3 aromatic carbocycles. The highest BCUT2D eigenvalue weighted by molar-refractivity contribution is 7.97. The van der Waals surface area contributed by atoms with E-state index in [9.17, 15) is 39.7 Å². The third kappa shape index (κ3) is 8.97. The lowest BCUT2D eigenvalue weighted by Crippen LogP contribution is -2.52. The Hall–Kier alpha value is -2.67. The molecule has 0 bridgehead atoms. The molecular weight excluding hydrogens is 575 g/mol. The average molecular weight is 597 g/mol. The highest BCUT2D eigenvalue weighted by Crippen LogP contribution is 2.38. The van der Waals surface area contributed by atoms with Crippen LogP contribution in [0.1, 0.15) is 12.8 Å². The number of hydrogen-bond donors (Lipinski definition) is 0. The monoisotopic (exact) mass is 596 g/mol. The third-order valence-corrected chi connectivity index (χ3v) is 8.02. The molecule has 5 nitrogen and oxygen atoms in total. The van der Waals surface area contributed by atoms with Gasteiger partial charge >= 0.3 is 17.4 Å².